The number of benzene rings is 1. The van der Waals surface area contributed by atoms with Crippen molar-refractivity contribution >= 4 is 17.3 Å². The summed E-state index contributed by atoms with van der Waals surface area (Å²) in [5.74, 6) is -0.173. The lowest BCUT2D eigenvalue weighted by Gasteiger charge is -2.13. The molecule has 0 saturated heterocycles. The van der Waals surface area contributed by atoms with Crippen LogP contribution in [0.5, 0.6) is 0 Å². The lowest BCUT2D eigenvalue weighted by molar-refractivity contribution is 0.102. The van der Waals surface area contributed by atoms with E-state index >= 15 is 0 Å². The second-order valence-corrected chi connectivity index (χ2v) is 4.68. The van der Waals surface area contributed by atoms with Gasteiger partial charge < -0.3 is 11.1 Å². The van der Waals surface area contributed by atoms with Gasteiger partial charge in [-0.05, 0) is 49.6 Å². The molecule has 3 N–H and O–H groups in total. The van der Waals surface area contributed by atoms with Crippen LogP contribution in [-0.2, 0) is 0 Å². The fourth-order valence-corrected chi connectivity index (χ4v) is 1.92. The Labute approximate surface area is 112 Å². The molecule has 0 radical (unpaired) electrons. The number of nitrogen functional groups attached to an aromatic ring is 1. The molecular weight excluding hydrogens is 238 g/mol. The largest absolute Gasteiger partial charge is 0.398 e. The second kappa shape index (κ2) is 5.10. The maximum Gasteiger partial charge on any atom is 0.257 e. The third-order valence-electron chi connectivity index (χ3n) is 3.09. The SMILES string of the molecule is Cc1cncc(C(=O)Nc2c(C)ccc(N)c2C)c1. The number of aromatic nitrogens is 1. The zero-order chi connectivity index (χ0) is 14.0. The van der Waals surface area contributed by atoms with Crippen molar-refractivity contribution in [3.8, 4) is 0 Å². The smallest absolute Gasteiger partial charge is 0.257 e. The lowest BCUT2D eigenvalue weighted by Crippen LogP contribution is -2.14. The molecule has 0 aliphatic carbocycles. The Hall–Kier alpha value is -2.36. The number of nitrogens with one attached hydrogen (secondary N) is 1. The highest BCUT2D eigenvalue weighted by molar-refractivity contribution is 6.05. The minimum atomic E-state index is -0.173. The molecule has 2 aromatic rings. The Kier molecular flexibility index (Phi) is 3.51. The first-order valence-electron chi connectivity index (χ1n) is 6.07. The van der Waals surface area contributed by atoms with E-state index in [1.54, 1.807) is 18.5 Å². The molecule has 0 atom stereocenters. The molecule has 0 aliphatic heterocycles. The van der Waals surface area contributed by atoms with Gasteiger partial charge in [0.1, 0.15) is 0 Å². The third-order valence-corrected chi connectivity index (χ3v) is 3.09. The van der Waals surface area contributed by atoms with E-state index in [-0.39, 0.29) is 5.91 Å². The zero-order valence-corrected chi connectivity index (χ0v) is 11.3. The van der Waals surface area contributed by atoms with E-state index in [0.29, 0.717) is 11.3 Å². The molecule has 1 heterocycles. The van der Waals surface area contributed by atoms with Crippen LogP contribution in [0.25, 0.3) is 0 Å². The van der Waals surface area contributed by atoms with Crippen molar-refractivity contribution in [1.29, 1.82) is 0 Å². The van der Waals surface area contributed by atoms with Crippen LogP contribution in [0.1, 0.15) is 27.0 Å². The Balaban J connectivity index is 2.32. The highest BCUT2D eigenvalue weighted by Gasteiger charge is 2.11. The Bertz CT molecular complexity index is 635. The van der Waals surface area contributed by atoms with Gasteiger partial charge in [0, 0.05) is 23.8 Å². The average Bonchev–Trinajstić information content (AvgIpc) is 2.39. The number of anilines is 2. The predicted molar refractivity (Wildman–Crippen MR) is 77.3 cm³/mol. The van der Waals surface area contributed by atoms with Crippen LogP contribution in [0.4, 0.5) is 11.4 Å². The molecule has 0 unspecified atom stereocenters. The standard InChI is InChI=1S/C15H17N3O/c1-9-6-12(8-17-7-9)15(19)18-14-10(2)4-5-13(16)11(14)3/h4-8H,16H2,1-3H3,(H,18,19). The van der Waals surface area contributed by atoms with Crippen LogP contribution in [0.3, 0.4) is 0 Å². The molecule has 1 aromatic carbocycles. The molecular formula is C15H17N3O. The molecule has 4 nitrogen and oxygen atoms in total. The van der Waals surface area contributed by atoms with Gasteiger partial charge in [0.05, 0.1) is 5.56 Å². The van der Waals surface area contributed by atoms with Gasteiger partial charge in [0.2, 0.25) is 0 Å². The highest BCUT2D eigenvalue weighted by Crippen LogP contribution is 2.25. The van der Waals surface area contributed by atoms with Crippen LogP contribution < -0.4 is 11.1 Å². The van der Waals surface area contributed by atoms with Crippen LogP contribution in [-0.4, -0.2) is 10.9 Å². The van der Waals surface area contributed by atoms with E-state index in [1.165, 1.54) is 0 Å². The Morgan fingerprint density at radius 3 is 2.63 bits per heavy atom. The molecule has 1 amide bonds. The summed E-state index contributed by atoms with van der Waals surface area (Å²) >= 11 is 0. The summed E-state index contributed by atoms with van der Waals surface area (Å²) in [4.78, 5) is 16.2. The van der Waals surface area contributed by atoms with Crippen molar-refractivity contribution in [3.63, 3.8) is 0 Å². The molecule has 0 fully saturated rings. The van der Waals surface area contributed by atoms with Crippen molar-refractivity contribution in [2.45, 2.75) is 20.8 Å². The van der Waals surface area contributed by atoms with Gasteiger partial charge in [-0.25, -0.2) is 0 Å². The zero-order valence-electron chi connectivity index (χ0n) is 11.3. The number of carbonyl (C=O) groups is 1. The Morgan fingerprint density at radius 1 is 1.21 bits per heavy atom. The summed E-state index contributed by atoms with van der Waals surface area (Å²) in [6.07, 6.45) is 3.27. The van der Waals surface area contributed by atoms with Crippen molar-refractivity contribution in [2.24, 2.45) is 0 Å². The van der Waals surface area contributed by atoms with E-state index in [1.807, 2.05) is 32.9 Å². The molecule has 0 spiro atoms. The third kappa shape index (κ3) is 2.73. The van der Waals surface area contributed by atoms with Gasteiger partial charge in [-0.1, -0.05) is 6.07 Å². The molecule has 1 aromatic heterocycles. The van der Waals surface area contributed by atoms with Crippen LogP contribution in [0.2, 0.25) is 0 Å². The van der Waals surface area contributed by atoms with Crippen LogP contribution in [0, 0.1) is 20.8 Å². The summed E-state index contributed by atoms with van der Waals surface area (Å²) in [7, 11) is 0. The number of aryl methyl sites for hydroxylation is 2. The normalized spacial score (nSPS) is 10.3. The fourth-order valence-electron chi connectivity index (χ4n) is 1.92. The number of hydrogen-bond acceptors (Lipinski definition) is 3. The summed E-state index contributed by atoms with van der Waals surface area (Å²) in [5, 5.41) is 2.90. The number of nitrogens with zero attached hydrogens (tertiary/aromatic N) is 1. The molecule has 4 heteroatoms. The molecule has 0 bridgehead atoms. The Morgan fingerprint density at radius 2 is 1.95 bits per heavy atom. The average molecular weight is 255 g/mol. The van der Waals surface area contributed by atoms with E-state index < -0.39 is 0 Å². The molecule has 98 valence electrons. The van der Waals surface area contributed by atoms with E-state index in [9.17, 15) is 4.79 Å². The first kappa shape index (κ1) is 13.1. The van der Waals surface area contributed by atoms with Crippen LogP contribution in [0.15, 0.2) is 30.6 Å². The monoisotopic (exact) mass is 255 g/mol. The topological polar surface area (TPSA) is 68.0 Å². The number of pyridine rings is 1. The van der Waals surface area contributed by atoms with Gasteiger partial charge in [-0.3, -0.25) is 9.78 Å². The van der Waals surface area contributed by atoms with E-state index in [2.05, 4.69) is 10.3 Å². The minimum absolute atomic E-state index is 0.173. The van der Waals surface area contributed by atoms with Crippen LogP contribution >= 0.6 is 0 Å². The maximum atomic E-state index is 12.2. The predicted octanol–water partition coefficient (Wildman–Crippen LogP) is 2.84. The summed E-state index contributed by atoms with van der Waals surface area (Å²) in [6.45, 7) is 5.74. The highest BCUT2D eigenvalue weighted by atomic mass is 16.1. The minimum Gasteiger partial charge on any atom is -0.398 e. The number of hydrogen-bond donors (Lipinski definition) is 2. The van der Waals surface area contributed by atoms with Gasteiger partial charge in [-0.15, -0.1) is 0 Å². The van der Waals surface area contributed by atoms with E-state index in [4.69, 9.17) is 5.73 Å². The van der Waals surface area contributed by atoms with Crippen molar-refractivity contribution in [3.05, 3.63) is 52.8 Å². The van der Waals surface area contributed by atoms with Crippen molar-refractivity contribution < 1.29 is 4.79 Å². The van der Waals surface area contributed by atoms with Crippen molar-refractivity contribution in [2.75, 3.05) is 11.1 Å². The van der Waals surface area contributed by atoms with E-state index in [0.717, 1.165) is 22.4 Å². The van der Waals surface area contributed by atoms with Gasteiger partial charge in [0.25, 0.3) is 5.91 Å². The number of carbonyl (C=O) groups excluding carboxylic acids is 1. The first-order valence-corrected chi connectivity index (χ1v) is 6.07. The summed E-state index contributed by atoms with van der Waals surface area (Å²) in [6, 6.07) is 5.54. The summed E-state index contributed by atoms with van der Waals surface area (Å²) < 4.78 is 0. The molecule has 19 heavy (non-hydrogen) atoms. The second-order valence-electron chi connectivity index (χ2n) is 4.68. The number of nitrogens with two attached hydrogens (primary N) is 1. The van der Waals surface area contributed by atoms with Crippen molar-refractivity contribution in [1.82, 2.24) is 4.98 Å². The fraction of sp³-hybridized carbons (Fsp3) is 0.200. The number of rotatable bonds is 2. The quantitative estimate of drug-likeness (QED) is 0.811. The van der Waals surface area contributed by atoms with Gasteiger partial charge in [-0.2, -0.15) is 0 Å². The molecule has 0 saturated carbocycles. The lowest BCUT2D eigenvalue weighted by atomic mass is 10.1. The first-order chi connectivity index (χ1) is 8.99. The summed E-state index contributed by atoms with van der Waals surface area (Å²) in [5.41, 5.74) is 10.7. The number of amides is 1. The maximum absolute atomic E-state index is 12.2. The van der Waals surface area contributed by atoms with Gasteiger partial charge in [0.15, 0.2) is 0 Å². The molecule has 2 rings (SSSR count). The van der Waals surface area contributed by atoms with Gasteiger partial charge >= 0.3 is 0 Å². The molecule has 0 aliphatic rings.